The molecule has 0 aliphatic carbocycles. The summed E-state index contributed by atoms with van der Waals surface area (Å²) in [6, 6.07) is 11.7. The summed E-state index contributed by atoms with van der Waals surface area (Å²) in [6.45, 7) is 2.02. The maximum atomic E-state index is 13.0. The first-order valence-corrected chi connectivity index (χ1v) is 9.29. The summed E-state index contributed by atoms with van der Waals surface area (Å²) in [5, 5.41) is 1.34. The van der Waals surface area contributed by atoms with E-state index in [1.54, 1.807) is 18.2 Å². The number of rotatable bonds is 6. The van der Waals surface area contributed by atoms with Crippen molar-refractivity contribution in [2.45, 2.75) is 23.6 Å². The second-order valence-electron chi connectivity index (χ2n) is 6.07. The summed E-state index contributed by atoms with van der Waals surface area (Å²) < 4.78 is 38.0. The predicted octanol–water partition coefficient (Wildman–Crippen LogP) is 2.69. The predicted molar refractivity (Wildman–Crippen MR) is 95.5 cm³/mol. The minimum Gasteiger partial charge on any atom is -0.325 e. The summed E-state index contributed by atoms with van der Waals surface area (Å²) in [7, 11) is -0.0249. The highest BCUT2D eigenvalue weighted by molar-refractivity contribution is 7.92. The van der Waals surface area contributed by atoms with E-state index in [1.807, 2.05) is 25.1 Å². The number of benzene rings is 2. The first-order valence-electron chi connectivity index (χ1n) is 7.74. The Balaban J connectivity index is 2.16. The Labute approximate surface area is 147 Å². The molecule has 0 heterocycles. The van der Waals surface area contributed by atoms with E-state index in [2.05, 4.69) is 5.32 Å². The molecule has 0 bridgehead atoms. The number of hydrogen-bond acceptors (Lipinski definition) is 4. The van der Waals surface area contributed by atoms with Crippen LogP contribution >= 0.6 is 0 Å². The van der Waals surface area contributed by atoms with E-state index in [-0.39, 0.29) is 4.90 Å². The Bertz CT molecular complexity index is 849. The monoisotopic (exact) mass is 364 g/mol. The molecule has 5 nitrogen and oxygen atoms in total. The van der Waals surface area contributed by atoms with Gasteiger partial charge in [0.1, 0.15) is 11.1 Å². The summed E-state index contributed by atoms with van der Waals surface area (Å²) in [5.41, 5.74) is 1.53. The number of anilines is 1. The highest BCUT2D eigenvalue weighted by atomic mass is 32.2. The third-order valence-corrected chi connectivity index (χ3v) is 5.74. The van der Waals surface area contributed by atoms with Crippen LogP contribution in [-0.2, 0) is 21.2 Å². The van der Waals surface area contributed by atoms with Crippen molar-refractivity contribution in [3.63, 3.8) is 0 Å². The molecule has 2 aromatic rings. The Morgan fingerprint density at radius 2 is 1.80 bits per heavy atom. The lowest BCUT2D eigenvalue weighted by molar-refractivity contribution is -0.115. The number of nitrogens with zero attached hydrogens (tertiary/aromatic N) is 1. The number of nitrogens with one attached hydrogen (secondary N) is 1. The van der Waals surface area contributed by atoms with Crippen LogP contribution in [0.2, 0.25) is 0 Å². The SMILES string of the molecule is CC(C(=O)Nc1cccc(CN(C)C)c1)S(=O)(=O)c1ccc(F)cc1. The van der Waals surface area contributed by atoms with Gasteiger partial charge in [-0.1, -0.05) is 12.1 Å². The van der Waals surface area contributed by atoms with Crippen molar-refractivity contribution in [3.8, 4) is 0 Å². The molecule has 0 saturated carbocycles. The van der Waals surface area contributed by atoms with Crippen LogP contribution in [0.5, 0.6) is 0 Å². The minimum atomic E-state index is -3.89. The molecule has 0 spiro atoms. The van der Waals surface area contributed by atoms with Crippen molar-refractivity contribution < 1.29 is 17.6 Å². The maximum Gasteiger partial charge on any atom is 0.242 e. The van der Waals surface area contributed by atoms with Gasteiger partial charge in [0.2, 0.25) is 5.91 Å². The van der Waals surface area contributed by atoms with Crippen molar-refractivity contribution >= 4 is 21.4 Å². The van der Waals surface area contributed by atoms with E-state index in [0.29, 0.717) is 12.2 Å². The fourth-order valence-corrected chi connectivity index (χ4v) is 3.59. The Morgan fingerprint density at radius 1 is 1.16 bits per heavy atom. The number of amides is 1. The zero-order valence-corrected chi connectivity index (χ0v) is 15.2. The number of carbonyl (C=O) groups excluding carboxylic acids is 1. The zero-order valence-electron chi connectivity index (χ0n) is 14.4. The third-order valence-electron chi connectivity index (χ3n) is 3.67. The van der Waals surface area contributed by atoms with Gasteiger partial charge in [0.05, 0.1) is 4.90 Å². The molecule has 0 radical (unpaired) electrons. The topological polar surface area (TPSA) is 66.5 Å². The van der Waals surface area contributed by atoms with Gasteiger partial charge in [-0.25, -0.2) is 12.8 Å². The van der Waals surface area contributed by atoms with Crippen molar-refractivity contribution in [1.82, 2.24) is 4.90 Å². The number of carbonyl (C=O) groups is 1. The van der Waals surface area contributed by atoms with Gasteiger partial charge in [-0.3, -0.25) is 4.79 Å². The van der Waals surface area contributed by atoms with Crippen LogP contribution in [0.1, 0.15) is 12.5 Å². The van der Waals surface area contributed by atoms with Crippen LogP contribution in [-0.4, -0.2) is 38.6 Å². The normalized spacial score (nSPS) is 12.8. The van der Waals surface area contributed by atoms with Gasteiger partial charge in [-0.2, -0.15) is 0 Å². The lowest BCUT2D eigenvalue weighted by atomic mass is 10.2. The zero-order chi connectivity index (χ0) is 18.6. The molecule has 7 heteroatoms. The van der Waals surface area contributed by atoms with Crippen molar-refractivity contribution in [3.05, 3.63) is 59.9 Å². The molecule has 2 aromatic carbocycles. The van der Waals surface area contributed by atoms with Crippen molar-refractivity contribution in [2.75, 3.05) is 19.4 Å². The average Bonchev–Trinajstić information content (AvgIpc) is 2.54. The van der Waals surface area contributed by atoms with E-state index in [4.69, 9.17) is 0 Å². The molecule has 1 unspecified atom stereocenters. The first kappa shape index (κ1) is 19.1. The molecule has 0 aromatic heterocycles. The highest BCUT2D eigenvalue weighted by Gasteiger charge is 2.29. The molecule has 1 atom stereocenters. The summed E-state index contributed by atoms with van der Waals surface area (Å²) in [4.78, 5) is 14.3. The molecular formula is C18H21FN2O3S. The molecule has 0 aliphatic heterocycles. The average molecular weight is 364 g/mol. The van der Waals surface area contributed by atoms with E-state index < -0.39 is 26.8 Å². The van der Waals surface area contributed by atoms with Crippen molar-refractivity contribution in [1.29, 1.82) is 0 Å². The van der Waals surface area contributed by atoms with E-state index >= 15 is 0 Å². The Kier molecular flexibility index (Phi) is 5.92. The number of sulfone groups is 1. The summed E-state index contributed by atoms with van der Waals surface area (Å²) in [6.07, 6.45) is 0. The molecule has 2 rings (SSSR count). The smallest absolute Gasteiger partial charge is 0.242 e. The molecule has 0 fully saturated rings. The summed E-state index contributed by atoms with van der Waals surface area (Å²) in [5.74, 6) is -1.17. The lowest BCUT2D eigenvalue weighted by Crippen LogP contribution is -2.32. The van der Waals surface area contributed by atoms with E-state index in [0.717, 1.165) is 29.8 Å². The molecule has 1 N–H and O–H groups in total. The van der Waals surface area contributed by atoms with Crippen LogP contribution in [0, 0.1) is 5.82 Å². The number of hydrogen-bond donors (Lipinski definition) is 1. The Hall–Kier alpha value is -2.25. The van der Waals surface area contributed by atoms with Gasteiger partial charge < -0.3 is 10.2 Å². The van der Waals surface area contributed by atoms with E-state index in [1.165, 1.54) is 6.92 Å². The minimum absolute atomic E-state index is 0.0853. The molecule has 134 valence electrons. The fraction of sp³-hybridized carbons (Fsp3) is 0.278. The first-order chi connectivity index (χ1) is 11.7. The van der Waals surface area contributed by atoms with Crippen molar-refractivity contribution in [2.24, 2.45) is 0 Å². The van der Waals surface area contributed by atoms with Gasteiger partial charge in [-0.15, -0.1) is 0 Å². The van der Waals surface area contributed by atoms with Gasteiger partial charge in [0.25, 0.3) is 0 Å². The van der Waals surface area contributed by atoms with Gasteiger partial charge in [0, 0.05) is 12.2 Å². The third kappa shape index (κ3) is 4.87. The Morgan fingerprint density at radius 3 is 2.40 bits per heavy atom. The van der Waals surface area contributed by atoms with Gasteiger partial charge in [0.15, 0.2) is 9.84 Å². The highest BCUT2D eigenvalue weighted by Crippen LogP contribution is 2.19. The van der Waals surface area contributed by atoms with Gasteiger partial charge >= 0.3 is 0 Å². The lowest BCUT2D eigenvalue weighted by Gasteiger charge is -2.15. The number of halogens is 1. The van der Waals surface area contributed by atoms with Gasteiger partial charge in [-0.05, 0) is 63.0 Å². The van der Waals surface area contributed by atoms with E-state index in [9.17, 15) is 17.6 Å². The molecule has 25 heavy (non-hydrogen) atoms. The molecular weight excluding hydrogens is 343 g/mol. The fourth-order valence-electron chi connectivity index (χ4n) is 2.33. The van der Waals surface area contributed by atoms with Crippen LogP contribution in [0.4, 0.5) is 10.1 Å². The second kappa shape index (κ2) is 7.76. The maximum absolute atomic E-state index is 13.0. The van der Waals surface area contributed by atoms with Crippen LogP contribution in [0.3, 0.4) is 0 Å². The molecule has 0 aliphatic rings. The van der Waals surface area contributed by atoms with Crippen LogP contribution < -0.4 is 5.32 Å². The molecule has 0 saturated heterocycles. The quantitative estimate of drug-likeness (QED) is 0.801. The summed E-state index contributed by atoms with van der Waals surface area (Å²) >= 11 is 0. The molecule has 1 amide bonds. The standard InChI is InChI=1S/C18H21FN2O3S/c1-13(25(23,24)17-9-7-15(19)8-10-17)18(22)20-16-6-4-5-14(11-16)12-21(2)3/h4-11,13H,12H2,1-3H3,(H,20,22). The van der Waals surface area contributed by atoms with Crippen LogP contribution in [0.15, 0.2) is 53.4 Å². The second-order valence-corrected chi connectivity index (χ2v) is 8.34. The van der Waals surface area contributed by atoms with Crippen LogP contribution in [0.25, 0.3) is 0 Å². The largest absolute Gasteiger partial charge is 0.325 e.